The van der Waals surface area contributed by atoms with Crippen LogP contribution in [0.15, 0.2) is 105 Å². The van der Waals surface area contributed by atoms with Gasteiger partial charge in [0.15, 0.2) is 0 Å². The lowest BCUT2D eigenvalue weighted by atomic mass is 9.91. The van der Waals surface area contributed by atoms with Crippen molar-refractivity contribution in [3.05, 3.63) is 108 Å². The normalized spacial score (nSPS) is 23.0. The van der Waals surface area contributed by atoms with Crippen molar-refractivity contribution < 1.29 is 25.6 Å². The number of sulfone groups is 2. The van der Waals surface area contributed by atoms with Crippen LogP contribution < -0.4 is 20.4 Å². The maximum atomic E-state index is 13.5. The Morgan fingerprint density at radius 3 is 1.48 bits per heavy atom. The molecule has 0 aromatic heterocycles. The van der Waals surface area contributed by atoms with Gasteiger partial charge >= 0.3 is 0 Å². The van der Waals surface area contributed by atoms with Gasteiger partial charge in [-0.05, 0) is 142 Å². The molecule has 0 bridgehead atoms. The Bertz CT molecular complexity index is 2110. The van der Waals surface area contributed by atoms with Gasteiger partial charge in [0.2, 0.25) is 19.7 Å². The molecule has 8 nitrogen and oxygen atoms in total. The first kappa shape index (κ1) is 34.6. The molecule has 4 aromatic carbocycles. The van der Waals surface area contributed by atoms with E-state index in [0.717, 1.165) is 80.4 Å². The minimum atomic E-state index is -3.72. The number of fused-ring (bicyclic) bond motifs is 6. The van der Waals surface area contributed by atoms with Crippen LogP contribution >= 0.6 is 0 Å². The predicted molar refractivity (Wildman–Crippen MR) is 191 cm³/mol. The van der Waals surface area contributed by atoms with Crippen LogP contribution in [0.25, 0.3) is 0 Å². The number of likely N-dealkylation sites (N-methyl/N-ethyl adjacent to an activating group) is 2. The zero-order valence-corrected chi connectivity index (χ0v) is 29.8. The number of anilines is 2. The topological polar surface area (TPSA) is 98.8 Å². The summed E-state index contributed by atoms with van der Waals surface area (Å²) in [5.41, 5.74) is 4.43. The lowest BCUT2D eigenvalue weighted by molar-refractivity contribution is 0.531. The maximum Gasteiger partial charge on any atom is 0.206 e. The highest BCUT2D eigenvalue weighted by atomic mass is 32.2. The lowest BCUT2D eigenvalue weighted by Crippen LogP contribution is -2.30. The van der Waals surface area contributed by atoms with E-state index in [4.69, 9.17) is 0 Å². The summed E-state index contributed by atoms with van der Waals surface area (Å²) in [5.74, 6) is -0.309. The van der Waals surface area contributed by atoms with E-state index in [1.807, 2.05) is 18.2 Å². The third kappa shape index (κ3) is 6.31. The Hall–Kier alpha value is -3.84. The summed E-state index contributed by atoms with van der Waals surface area (Å²) >= 11 is 0. The van der Waals surface area contributed by atoms with E-state index in [2.05, 4.69) is 34.5 Å². The largest absolute Gasteiger partial charge is 0.371 e. The van der Waals surface area contributed by atoms with E-state index in [-0.39, 0.29) is 19.6 Å². The molecule has 0 amide bonds. The number of nitrogens with one attached hydrogen (secondary N) is 2. The van der Waals surface area contributed by atoms with Gasteiger partial charge < -0.3 is 20.4 Å². The molecule has 4 aliphatic heterocycles. The molecule has 4 aliphatic rings. The summed E-state index contributed by atoms with van der Waals surface area (Å²) in [6.07, 6.45) is 4.09. The molecule has 4 atom stereocenters. The molecule has 0 radical (unpaired) electrons. The van der Waals surface area contributed by atoms with Gasteiger partial charge in [0.1, 0.15) is 11.6 Å². The van der Waals surface area contributed by atoms with Gasteiger partial charge in [-0.3, -0.25) is 0 Å². The fourth-order valence-electron chi connectivity index (χ4n) is 8.22. The standard InChI is InChI=1S/2C19H21FN2O2S/c1-22-18-7-6-15(25(23,24)14-4-2-13(20)3-5-14)12-17(18)16-8-10-21-11-9-19(16)22;1-22-18-6-5-15(25(23,24)14-4-2-3-13(20)11-14)12-17(18)16-7-9-21-10-8-19(16)22/h2-7,12,16,19,21H,8-11H2,1H3;2-6,11-12,16,19,21H,7-10H2,1H3/t2*16-,19-/m11/s1. The van der Waals surface area contributed by atoms with Crippen LogP contribution in [0, 0.1) is 11.6 Å². The molecule has 50 heavy (non-hydrogen) atoms. The average molecular weight is 721 g/mol. The summed E-state index contributed by atoms with van der Waals surface area (Å²) in [7, 11) is -3.20. The summed E-state index contributed by atoms with van der Waals surface area (Å²) in [6.45, 7) is 3.85. The first-order valence-corrected chi connectivity index (χ1v) is 20.1. The molecule has 2 N–H and O–H groups in total. The summed E-state index contributed by atoms with van der Waals surface area (Å²) in [6, 6.07) is 21.7. The number of hydrogen-bond acceptors (Lipinski definition) is 8. The van der Waals surface area contributed by atoms with Gasteiger partial charge in [-0.1, -0.05) is 6.07 Å². The number of nitrogens with zero attached hydrogens (tertiary/aromatic N) is 2. The van der Waals surface area contributed by atoms with Crippen LogP contribution in [0.3, 0.4) is 0 Å². The third-order valence-corrected chi connectivity index (χ3v) is 14.3. The molecule has 4 aromatic rings. The Morgan fingerprint density at radius 1 is 0.540 bits per heavy atom. The number of hydrogen-bond donors (Lipinski definition) is 2. The van der Waals surface area contributed by atoms with Crippen molar-refractivity contribution in [2.45, 2.75) is 69.2 Å². The monoisotopic (exact) mass is 720 g/mol. The smallest absolute Gasteiger partial charge is 0.206 e. The molecule has 4 heterocycles. The van der Waals surface area contributed by atoms with Gasteiger partial charge in [-0.2, -0.15) is 0 Å². The van der Waals surface area contributed by atoms with Crippen molar-refractivity contribution in [3.8, 4) is 0 Å². The molecule has 2 saturated heterocycles. The van der Waals surface area contributed by atoms with Gasteiger partial charge in [-0.25, -0.2) is 25.6 Å². The highest BCUT2D eigenvalue weighted by molar-refractivity contribution is 7.91. The molecule has 0 unspecified atom stereocenters. The van der Waals surface area contributed by atoms with Crippen molar-refractivity contribution in [1.82, 2.24) is 10.6 Å². The Kier molecular flexibility index (Phi) is 9.48. The average Bonchev–Trinajstić information content (AvgIpc) is 3.32. The predicted octanol–water partition coefficient (Wildman–Crippen LogP) is 5.89. The van der Waals surface area contributed by atoms with Crippen molar-refractivity contribution in [2.75, 3.05) is 50.1 Å². The number of rotatable bonds is 4. The van der Waals surface area contributed by atoms with Crippen LogP contribution in [0.5, 0.6) is 0 Å². The van der Waals surface area contributed by atoms with Crippen molar-refractivity contribution >= 4 is 31.0 Å². The SMILES string of the molecule is CN1c2ccc(S(=O)(=O)c3ccc(F)cc3)cc2[C@H]2CCNCC[C@H]21.CN1c2ccc(S(=O)(=O)c3cccc(F)c3)cc2[C@H]2CCNCC[C@H]21. The fourth-order valence-corrected chi connectivity index (χ4v) is 10.8. The van der Waals surface area contributed by atoms with E-state index < -0.39 is 31.3 Å². The number of halogens is 2. The van der Waals surface area contributed by atoms with Crippen LogP contribution in [0.4, 0.5) is 20.2 Å². The second-order valence-corrected chi connectivity index (χ2v) is 17.5. The van der Waals surface area contributed by atoms with Gasteiger partial charge in [0.05, 0.1) is 19.6 Å². The molecule has 8 rings (SSSR count). The second-order valence-electron chi connectivity index (χ2n) is 13.6. The van der Waals surface area contributed by atoms with Gasteiger partial charge in [-0.15, -0.1) is 0 Å². The highest BCUT2D eigenvalue weighted by Crippen LogP contribution is 2.46. The van der Waals surface area contributed by atoms with E-state index in [1.165, 1.54) is 42.5 Å². The van der Waals surface area contributed by atoms with E-state index in [9.17, 15) is 25.6 Å². The molecule has 264 valence electrons. The minimum absolute atomic E-state index is 0.00196. The van der Waals surface area contributed by atoms with Crippen LogP contribution in [-0.2, 0) is 19.7 Å². The van der Waals surface area contributed by atoms with Crippen LogP contribution in [0.1, 0.15) is 48.6 Å². The van der Waals surface area contributed by atoms with Crippen LogP contribution in [0.2, 0.25) is 0 Å². The molecule has 0 spiro atoms. The maximum absolute atomic E-state index is 13.5. The summed E-state index contributed by atoms with van der Waals surface area (Å²) in [5, 5.41) is 6.84. The summed E-state index contributed by atoms with van der Waals surface area (Å²) < 4.78 is 78.2. The van der Waals surface area contributed by atoms with Gasteiger partial charge in [0.25, 0.3) is 0 Å². The van der Waals surface area contributed by atoms with Crippen molar-refractivity contribution in [2.24, 2.45) is 0 Å². The van der Waals surface area contributed by atoms with Crippen molar-refractivity contribution in [1.29, 1.82) is 0 Å². The molecular weight excluding hydrogens is 679 g/mol. The zero-order chi connectivity index (χ0) is 35.2. The highest BCUT2D eigenvalue weighted by Gasteiger charge is 2.39. The van der Waals surface area contributed by atoms with E-state index in [1.54, 1.807) is 18.2 Å². The first-order valence-electron chi connectivity index (χ1n) is 17.1. The molecule has 12 heteroatoms. The Balaban J connectivity index is 0.000000157. The van der Waals surface area contributed by atoms with Gasteiger partial charge in [0, 0.05) is 49.4 Å². The Labute approximate surface area is 293 Å². The molecule has 0 saturated carbocycles. The molecule has 0 aliphatic carbocycles. The quantitative estimate of drug-likeness (QED) is 0.252. The van der Waals surface area contributed by atoms with Crippen molar-refractivity contribution in [3.63, 3.8) is 0 Å². The third-order valence-electron chi connectivity index (χ3n) is 10.8. The van der Waals surface area contributed by atoms with Crippen LogP contribution in [-0.4, -0.2) is 69.2 Å². The first-order chi connectivity index (χ1) is 24.0. The summed E-state index contributed by atoms with van der Waals surface area (Å²) in [4.78, 5) is 5.19. The fraction of sp³-hybridized carbons (Fsp3) is 0.368. The minimum Gasteiger partial charge on any atom is -0.371 e. The molecule has 2 fully saturated rings. The zero-order valence-electron chi connectivity index (χ0n) is 28.1. The van der Waals surface area contributed by atoms with E-state index in [0.29, 0.717) is 23.9 Å². The second kappa shape index (κ2) is 13.7. The number of benzene rings is 4. The van der Waals surface area contributed by atoms with E-state index >= 15 is 0 Å². The molecular formula is C38H42F2N4O4S2. The Morgan fingerprint density at radius 2 is 0.980 bits per heavy atom. The lowest BCUT2D eigenvalue weighted by Gasteiger charge is -2.24.